The van der Waals surface area contributed by atoms with Crippen molar-refractivity contribution in [3.8, 4) is 0 Å². The zero-order valence-electron chi connectivity index (χ0n) is 9.56. The molecule has 2 rings (SSSR count). The number of anilines is 1. The fourth-order valence-electron chi connectivity index (χ4n) is 1.45. The van der Waals surface area contributed by atoms with Gasteiger partial charge in [0.25, 0.3) is 0 Å². The second-order valence-electron chi connectivity index (χ2n) is 3.70. The number of carbonyl (C=O) groups excluding carboxylic acids is 1. The molecular formula is C13H12ClNO2S. The molecule has 3 nitrogen and oxygen atoms in total. The highest BCUT2D eigenvalue weighted by Crippen LogP contribution is 2.20. The van der Waals surface area contributed by atoms with Gasteiger partial charge in [-0.1, -0.05) is 17.7 Å². The molecule has 0 atom stereocenters. The minimum Gasteiger partial charge on any atom is -0.462 e. The Morgan fingerprint density at radius 3 is 2.89 bits per heavy atom. The Balaban J connectivity index is 1.89. The van der Waals surface area contributed by atoms with Gasteiger partial charge in [-0.3, -0.25) is 0 Å². The lowest BCUT2D eigenvalue weighted by molar-refractivity contribution is 0.0510. The molecule has 94 valence electrons. The first kappa shape index (κ1) is 12.9. The number of nitrogens with two attached hydrogens (primary N) is 1. The second-order valence-corrected chi connectivity index (χ2v) is 5.14. The van der Waals surface area contributed by atoms with Gasteiger partial charge in [-0.15, -0.1) is 11.3 Å². The molecule has 1 heterocycles. The van der Waals surface area contributed by atoms with Gasteiger partial charge in [-0.2, -0.15) is 0 Å². The Hall–Kier alpha value is -1.52. The molecule has 1 aromatic heterocycles. The molecule has 0 fully saturated rings. The first-order chi connectivity index (χ1) is 8.66. The van der Waals surface area contributed by atoms with Gasteiger partial charge in [-0.05, 0) is 29.6 Å². The van der Waals surface area contributed by atoms with Gasteiger partial charge in [0, 0.05) is 11.3 Å². The molecule has 0 saturated heterocycles. The van der Waals surface area contributed by atoms with Crippen LogP contribution in [0.1, 0.15) is 15.2 Å². The third-order valence-electron chi connectivity index (χ3n) is 2.39. The average molecular weight is 282 g/mol. The van der Waals surface area contributed by atoms with Crippen molar-refractivity contribution < 1.29 is 9.53 Å². The van der Waals surface area contributed by atoms with E-state index in [0.717, 1.165) is 6.42 Å². The van der Waals surface area contributed by atoms with Crippen molar-refractivity contribution in [2.45, 2.75) is 6.42 Å². The largest absolute Gasteiger partial charge is 0.462 e. The highest BCUT2D eigenvalue weighted by Gasteiger charge is 2.08. The van der Waals surface area contributed by atoms with Crippen LogP contribution in [0.2, 0.25) is 5.02 Å². The molecule has 0 radical (unpaired) electrons. The van der Waals surface area contributed by atoms with Crippen LogP contribution in [0.25, 0.3) is 0 Å². The van der Waals surface area contributed by atoms with Crippen molar-refractivity contribution in [2.75, 3.05) is 12.3 Å². The van der Waals surface area contributed by atoms with Gasteiger partial charge in [0.1, 0.15) is 0 Å². The summed E-state index contributed by atoms with van der Waals surface area (Å²) in [7, 11) is 0. The van der Waals surface area contributed by atoms with Crippen LogP contribution in [0, 0.1) is 0 Å². The van der Waals surface area contributed by atoms with Crippen molar-refractivity contribution in [3.63, 3.8) is 0 Å². The van der Waals surface area contributed by atoms with Gasteiger partial charge in [-0.25, -0.2) is 4.79 Å². The number of hydrogen-bond donors (Lipinski definition) is 1. The molecule has 0 spiro atoms. The summed E-state index contributed by atoms with van der Waals surface area (Å²) in [6.07, 6.45) is 0.729. The molecule has 0 amide bonds. The number of thiophene rings is 1. The maximum atomic E-state index is 11.7. The van der Waals surface area contributed by atoms with Gasteiger partial charge >= 0.3 is 5.97 Å². The molecule has 0 saturated carbocycles. The molecule has 5 heteroatoms. The maximum absolute atomic E-state index is 11.7. The number of halogens is 1. The standard InChI is InChI=1S/C13H12ClNO2S/c14-11-4-3-9(8-12(11)15)13(16)17-6-5-10-2-1-7-18-10/h1-4,7-8H,5-6,15H2. The molecule has 0 aliphatic heterocycles. The quantitative estimate of drug-likeness (QED) is 0.690. The Kier molecular flexibility index (Phi) is 4.23. The lowest BCUT2D eigenvalue weighted by Crippen LogP contribution is -2.08. The van der Waals surface area contributed by atoms with E-state index in [2.05, 4.69) is 0 Å². The summed E-state index contributed by atoms with van der Waals surface area (Å²) >= 11 is 7.43. The summed E-state index contributed by atoms with van der Waals surface area (Å²) in [6, 6.07) is 8.70. The Morgan fingerprint density at radius 1 is 1.39 bits per heavy atom. The summed E-state index contributed by atoms with van der Waals surface area (Å²) in [5, 5.41) is 2.43. The maximum Gasteiger partial charge on any atom is 0.338 e. The predicted molar refractivity (Wildman–Crippen MR) is 74.2 cm³/mol. The van der Waals surface area contributed by atoms with E-state index in [-0.39, 0.29) is 5.97 Å². The zero-order chi connectivity index (χ0) is 13.0. The van der Waals surface area contributed by atoms with Gasteiger partial charge in [0.2, 0.25) is 0 Å². The highest BCUT2D eigenvalue weighted by atomic mass is 35.5. The zero-order valence-corrected chi connectivity index (χ0v) is 11.1. The number of rotatable bonds is 4. The molecule has 1 aromatic carbocycles. The number of nitrogen functional groups attached to an aromatic ring is 1. The van der Waals surface area contributed by atoms with Crippen LogP contribution in [0.4, 0.5) is 5.69 Å². The van der Waals surface area contributed by atoms with Crippen LogP contribution in [0.15, 0.2) is 35.7 Å². The third-order valence-corrected chi connectivity index (χ3v) is 3.67. The average Bonchev–Trinajstić information content (AvgIpc) is 2.85. The third kappa shape index (κ3) is 3.24. The normalized spacial score (nSPS) is 10.3. The first-order valence-corrected chi connectivity index (χ1v) is 6.67. The van der Waals surface area contributed by atoms with E-state index in [4.69, 9.17) is 22.1 Å². The molecule has 0 aliphatic carbocycles. The molecule has 0 aliphatic rings. The topological polar surface area (TPSA) is 52.3 Å². The lowest BCUT2D eigenvalue weighted by atomic mass is 10.2. The van der Waals surface area contributed by atoms with Gasteiger partial charge in [0.15, 0.2) is 0 Å². The fraction of sp³-hybridized carbons (Fsp3) is 0.154. The molecule has 0 unspecified atom stereocenters. The van der Waals surface area contributed by atoms with Crippen molar-refractivity contribution in [3.05, 3.63) is 51.2 Å². The van der Waals surface area contributed by atoms with E-state index in [1.54, 1.807) is 23.5 Å². The molecular weight excluding hydrogens is 270 g/mol. The summed E-state index contributed by atoms with van der Waals surface area (Å²) in [5.41, 5.74) is 6.42. The van der Waals surface area contributed by atoms with Crippen LogP contribution in [-0.2, 0) is 11.2 Å². The number of benzene rings is 1. The van der Waals surface area contributed by atoms with Crippen molar-refractivity contribution in [2.24, 2.45) is 0 Å². The van der Waals surface area contributed by atoms with E-state index in [1.165, 1.54) is 10.9 Å². The van der Waals surface area contributed by atoms with Crippen molar-refractivity contribution in [1.82, 2.24) is 0 Å². The summed E-state index contributed by atoms with van der Waals surface area (Å²) in [5.74, 6) is -0.380. The first-order valence-electron chi connectivity index (χ1n) is 5.41. The molecule has 18 heavy (non-hydrogen) atoms. The smallest absolute Gasteiger partial charge is 0.338 e. The Bertz CT molecular complexity index is 540. The summed E-state index contributed by atoms with van der Waals surface area (Å²) in [6.45, 7) is 0.363. The van der Waals surface area contributed by atoms with E-state index in [9.17, 15) is 4.79 Å². The minimum atomic E-state index is -0.380. The van der Waals surface area contributed by atoms with E-state index < -0.39 is 0 Å². The number of carbonyl (C=O) groups is 1. The van der Waals surface area contributed by atoms with E-state index >= 15 is 0 Å². The van der Waals surface area contributed by atoms with Crippen LogP contribution in [-0.4, -0.2) is 12.6 Å². The number of esters is 1. The van der Waals surface area contributed by atoms with Crippen molar-refractivity contribution in [1.29, 1.82) is 0 Å². The lowest BCUT2D eigenvalue weighted by Gasteiger charge is -2.05. The second kappa shape index (κ2) is 5.89. The molecule has 2 aromatic rings. The van der Waals surface area contributed by atoms with Crippen LogP contribution >= 0.6 is 22.9 Å². The van der Waals surface area contributed by atoms with E-state index in [0.29, 0.717) is 22.9 Å². The minimum absolute atomic E-state index is 0.363. The molecule has 0 bridgehead atoms. The van der Waals surface area contributed by atoms with Crippen LogP contribution in [0.5, 0.6) is 0 Å². The van der Waals surface area contributed by atoms with Gasteiger partial charge < -0.3 is 10.5 Å². The molecule has 2 N–H and O–H groups in total. The summed E-state index contributed by atoms with van der Waals surface area (Å²) < 4.78 is 5.17. The monoisotopic (exact) mass is 281 g/mol. The Morgan fingerprint density at radius 2 is 2.22 bits per heavy atom. The van der Waals surface area contributed by atoms with E-state index in [1.807, 2.05) is 17.5 Å². The number of hydrogen-bond acceptors (Lipinski definition) is 4. The fourth-order valence-corrected chi connectivity index (χ4v) is 2.26. The van der Waals surface area contributed by atoms with Crippen LogP contribution in [0.3, 0.4) is 0 Å². The highest BCUT2D eigenvalue weighted by molar-refractivity contribution is 7.09. The van der Waals surface area contributed by atoms with Crippen molar-refractivity contribution >= 4 is 34.6 Å². The SMILES string of the molecule is Nc1cc(C(=O)OCCc2cccs2)ccc1Cl. The predicted octanol–water partition coefficient (Wildman–Crippen LogP) is 3.38. The summed E-state index contributed by atoms with van der Waals surface area (Å²) in [4.78, 5) is 12.9. The van der Waals surface area contributed by atoms with Crippen LogP contribution < -0.4 is 5.73 Å². The Labute approximate surface area is 114 Å². The van der Waals surface area contributed by atoms with Gasteiger partial charge in [0.05, 0.1) is 22.9 Å². The number of ether oxygens (including phenoxy) is 1.